The van der Waals surface area contributed by atoms with E-state index in [1.165, 1.54) is 0 Å². The highest BCUT2D eigenvalue weighted by atomic mass is 35.5. The van der Waals surface area contributed by atoms with Crippen molar-refractivity contribution in [1.82, 2.24) is 25.3 Å². The molecule has 2 aromatic heterocycles. The third-order valence-electron chi connectivity index (χ3n) is 2.21. The average Bonchev–Trinajstić information content (AvgIpc) is 2.78. The molecule has 0 aliphatic rings. The molecule has 0 bridgehead atoms. The summed E-state index contributed by atoms with van der Waals surface area (Å²) in [5, 5.41) is 11.6. The van der Waals surface area contributed by atoms with E-state index in [2.05, 4.69) is 20.6 Å². The lowest BCUT2D eigenvalue weighted by atomic mass is 10.4. The minimum atomic E-state index is 0.490. The van der Waals surface area contributed by atoms with Gasteiger partial charge in [-0.15, -0.1) is 5.10 Å². The van der Waals surface area contributed by atoms with E-state index in [0.29, 0.717) is 30.5 Å². The van der Waals surface area contributed by atoms with E-state index in [-0.39, 0.29) is 0 Å². The molecule has 0 fully saturated rings. The predicted octanol–water partition coefficient (Wildman–Crippen LogP) is 1.12. The van der Waals surface area contributed by atoms with Crippen LogP contribution in [0.4, 0.5) is 0 Å². The van der Waals surface area contributed by atoms with E-state index in [1.807, 2.05) is 13.2 Å². The lowest BCUT2D eigenvalue weighted by molar-refractivity contribution is 0.288. The summed E-state index contributed by atoms with van der Waals surface area (Å²) in [5.74, 6) is 0.651. The van der Waals surface area contributed by atoms with Gasteiger partial charge in [0.25, 0.3) is 0 Å². The molecule has 2 rings (SSSR count). The Morgan fingerprint density at radius 3 is 3.11 bits per heavy atom. The zero-order chi connectivity index (χ0) is 12.8. The van der Waals surface area contributed by atoms with Crippen molar-refractivity contribution in [2.45, 2.75) is 13.1 Å². The Labute approximate surface area is 110 Å². The van der Waals surface area contributed by atoms with Gasteiger partial charge in [-0.2, -0.15) is 0 Å². The summed E-state index contributed by atoms with van der Waals surface area (Å²) in [6.07, 6.45) is 5.07. The van der Waals surface area contributed by atoms with Crippen molar-refractivity contribution in [3.63, 3.8) is 0 Å². The Morgan fingerprint density at radius 2 is 2.33 bits per heavy atom. The lowest BCUT2D eigenvalue weighted by Gasteiger charge is -2.05. The van der Waals surface area contributed by atoms with Crippen molar-refractivity contribution >= 4 is 11.6 Å². The van der Waals surface area contributed by atoms with Crippen LogP contribution in [0.2, 0.25) is 5.02 Å². The zero-order valence-electron chi connectivity index (χ0n) is 10.0. The molecule has 1 N–H and O–H groups in total. The number of hydrogen-bond donors (Lipinski definition) is 1. The van der Waals surface area contributed by atoms with E-state index in [1.54, 1.807) is 23.1 Å². The topological polar surface area (TPSA) is 64.9 Å². The van der Waals surface area contributed by atoms with Gasteiger partial charge in [0.1, 0.15) is 12.4 Å². The molecule has 0 aromatic carbocycles. The van der Waals surface area contributed by atoms with Crippen LogP contribution in [-0.4, -0.2) is 33.6 Å². The first kappa shape index (κ1) is 12.8. The molecule has 0 amide bonds. The number of nitrogens with zero attached hydrogens (tertiary/aromatic N) is 4. The molecular weight excluding hydrogens is 254 g/mol. The normalized spacial score (nSPS) is 10.6. The number of rotatable bonds is 6. The second-order valence-corrected chi connectivity index (χ2v) is 4.13. The van der Waals surface area contributed by atoms with Crippen LogP contribution in [-0.2, 0) is 13.1 Å². The van der Waals surface area contributed by atoms with Crippen LogP contribution < -0.4 is 10.1 Å². The molecule has 0 aliphatic carbocycles. The Balaban J connectivity index is 1.81. The Morgan fingerprint density at radius 1 is 1.44 bits per heavy atom. The summed E-state index contributed by atoms with van der Waals surface area (Å²) >= 11 is 5.80. The molecule has 0 saturated carbocycles. The van der Waals surface area contributed by atoms with Crippen molar-refractivity contribution < 1.29 is 4.74 Å². The second kappa shape index (κ2) is 6.32. The van der Waals surface area contributed by atoms with Gasteiger partial charge in [-0.3, -0.25) is 4.98 Å². The molecule has 6 nitrogen and oxygen atoms in total. The first-order chi connectivity index (χ1) is 8.78. The number of hydrogen-bond acceptors (Lipinski definition) is 5. The Hall–Kier alpha value is -1.66. The molecule has 0 atom stereocenters. The Kier molecular flexibility index (Phi) is 4.49. The maximum atomic E-state index is 5.80. The summed E-state index contributed by atoms with van der Waals surface area (Å²) in [4.78, 5) is 3.94. The van der Waals surface area contributed by atoms with E-state index < -0.39 is 0 Å². The third-order valence-corrected chi connectivity index (χ3v) is 2.42. The first-order valence-electron chi connectivity index (χ1n) is 5.55. The fourth-order valence-electron chi connectivity index (χ4n) is 1.44. The van der Waals surface area contributed by atoms with Crippen molar-refractivity contribution in [3.8, 4) is 5.75 Å². The van der Waals surface area contributed by atoms with Crippen LogP contribution in [0, 0.1) is 0 Å². The predicted molar refractivity (Wildman–Crippen MR) is 67.5 cm³/mol. The second-order valence-electron chi connectivity index (χ2n) is 3.69. The number of aromatic nitrogens is 4. The van der Waals surface area contributed by atoms with Gasteiger partial charge in [0, 0.05) is 25.0 Å². The number of nitrogens with one attached hydrogen (secondary N) is 1. The minimum Gasteiger partial charge on any atom is -0.490 e. The molecule has 2 aromatic rings. The van der Waals surface area contributed by atoms with Crippen LogP contribution in [0.15, 0.2) is 24.7 Å². The number of pyridine rings is 1. The molecule has 96 valence electrons. The summed E-state index contributed by atoms with van der Waals surface area (Å²) < 4.78 is 7.25. The van der Waals surface area contributed by atoms with E-state index in [4.69, 9.17) is 16.3 Å². The summed E-state index contributed by atoms with van der Waals surface area (Å²) in [7, 11) is 1.87. The van der Waals surface area contributed by atoms with Crippen molar-refractivity contribution in [3.05, 3.63) is 35.4 Å². The standard InChI is InChI=1S/C11H14ClN5O/c1-13-6-10-8-17(16-15-10)2-3-18-11-4-9(12)5-14-7-11/h4-5,7-8,13H,2-3,6H2,1H3. The molecular formula is C11H14ClN5O. The van der Waals surface area contributed by atoms with Gasteiger partial charge < -0.3 is 10.1 Å². The number of halogens is 1. The van der Waals surface area contributed by atoms with Crippen molar-refractivity contribution in [2.24, 2.45) is 0 Å². The highest BCUT2D eigenvalue weighted by Crippen LogP contribution is 2.14. The largest absolute Gasteiger partial charge is 0.490 e. The number of ether oxygens (including phenoxy) is 1. The van der Waals surface area contributed by atoms with Gasteiger partial charge in [-0.1, -0.05) is 16.8 Å². The summed E-state index contributed by atoms with van der Waals surface area (Å²) in [6.45, 7) is 1.83. The third kappa shape index (κ3) is 3.68. The molecule has 0 saturated heterocycles. The molecule has 18 heavy (non-hydrogen) atoms. The van der Waals surface area contributed by atoms with Gasteiger partial charge >= 0.3 is 0 Å². The van der Waals surface area contributed by atoms with Gasteiger partial charge in [0.2, 0.25) is 0 Å². The minimum absolute atomic E-state index is 0.490. The zero-order valence-corrected chi connectivity index (χ0v) is 10.8. The van der Waals surface area contributed by atoms with Gasteiger partial charge in [-0.25, -0.2) is 4.68 Å². The summed E-state index contributed by atoms with van der Waals surface area (Å²) in [6, 6.07) is 1.72. The molecule has 0 aliphatic heterocycles. The molecule has 0 spiro atoms. The maximum absolute atomic E-state index is 5.80. The van der Waals surface area contributed by atoms with Crippen LogP contribution in [0.25, 0.3) is 0 Å². The Bertz CT molecular complexity index is 502. The van der Waals surface area contributed by atoms with Crippen molar-refractivity contribution in [2.75, 3.05) is 13.7 Å². The average molecular weight is 268 g/mol. The highest BCUT2D eigenvalue weighted by molar-refractivity contribution is 6.30. The van der Waals surface area contributed by atoms with E-state index in [0.717, 1.165) is 5.69 Å². The monoisotopic (exact) mass is 267 g/mol. The lowest BCUT2D eigenvalue weighted by Crippen LogP contribution is -2.09. The highest BCUT2D eigenvalue weighted by Gasteiger charge is 2.00. The first-order valence-corrected chi connectivity index (χ1v) is 5.92. The molecule has 7 heteroatoms. The molecule has 2 heterocycles. The molecule has 0 unspecified atom stereocenters. The van der Waals surface area contributed by atoms with Crippen LogP contribution >= 0.6 is 11.6 Å². The van der Waals surface area contributed by atoms with Crippen LogP contribution in [0.5, 0.6) is 5.75 Å². The molecule has 0 radical (unpaired) electrons. The van der Waals surface area contributed by atoms with E-state index >= 15 is 0 Å². The quantitative estimate of drug-likeness (QED) is 0.850. The van der Waals surface area contributed by atoms with Crippen LogP contribution in [0.3, 0.4) is 0 Å². The fourth-order valence-corrected chi connectivity index (χ4v) is 1.60. The van der Waals surface area contributed by atoms with Gasteiger partial charge in [-0.05, 0) is 7.05 Å². The van der Waals surface area contributed by atoms with Crippen LogP contribution in [0.1, 0.15) is 5.69 Å². The summed E-state index contributed by atoms with van der Waals surface area (Å²) in [5.41, 5.74) is 0.905. The SMILES string of the molecule is CNCc1cn(CCOc2cncc(Cl)c2)nn1. The fraction of sp³-hybridized carbons (Fsp3) is 0.364. The van der Waals surface area contributed by atoms with Gasteiger partial charge in [0.15, 0.2) is 0 Å². The van der Waals surface area contributed by atoms with Gasteiger partial charge in [0.05, 0.1) is 23.5 Å². The van der Waals surface area contributed by atoms with E-state index in [9.17, 15) is 0 Å². The maximum Gasteiger partial charge on any atom is 0.139 e. The smallest absolute Gasteiger partial charge is 0.139 e. The van der Waals surface area contributed by atoms with Crippen molar-refractivity contribution in [1.29, 1.82) is 0 Å².